The second-order valence-corrected chi connectivity index (χ2v) is 6.14. The van der Waals surface area contributed by atoms with Crippen molar-refractivity contribution < 1.29 is 27.1 Å². The van der Waals surface area contributed by atoms with Crippen LogP contribution >= 0.6 is 0 Å². The van der Waals surface area contributed by atoms with Gasteiger partial charge in [0.15, 0.2) is 0 Å². The predicted octanol–water partition coefficient (Wildman–Crippen LogP) is 3.24. The molecule has 0 bridgehead atoms. The number of aromatic nitrogens is 2. The summed E-state index contributed by atoms with van der Waals surface area (Å²) in [4.78, 5) is 24.3. The highest BCUT2D eigenvalue weighted by atomic mass is 19.4. The van der Waals surface area contributed by atoms with Crippen molar-refractivity contribution in [3.63, 3.8) is 0 Å². The van der Waals surface area contributed by atoms with Crippen LogP contribution in [0.3, 0.4) is 0 Å². The molecule has 30 heavy (non-hydrogen) atoms. The van der Waals surface area contributed by atoms with Gasteiger partial charge in [-0.1, -0.05) is 12.1 Å². The largest absolute Gasteiger partial charge is 0.573 e. The second kappa shape index (κ2) is 8.76. The summed E-state index contributed by atoms with van der Waals surface area (Å²) in [7, 11) is 0. The van der Waals surface area contributed by atoms with Crippen LogP contribution in [0.25, 0.3) is 5.69 Å². The van der Waals surface area contributed by atoms with Crippen molar-refractivity contribution in [2.24, 2.45) is 0 Å². The minimum absolute atomic E-state index is 0.0205. The monoisotopic (exact) mass is 421 g/mol. The Hall–Kier alpha value is -3.69. The van der Waals surface area contributed by atoms with Gasteiger partial charge in [-0.15, -0.1) is 13.2 Å². The maximum Gasteiger partial charge on any atom is 0.573 e. The third-order valence-corrected chi connectivity index (χ3v) is 3.96. The van der Waals surface area contributed by atoms with E-state index in [1.807, 2.05) is 0 Å². The summed E-state index contributed by atoms with van der Waals surface area (Å²) >= 11 is 0. The predicted molar refractivity (Wildman–Crippen MR) is 99.0 cm³/mol. The van der Waals surface area contributed by atoms with Gasteiger partial charge in [0, 0.05) is 12.6 Å². The van der Waals surface area contributed by atoms with Crippen molar-refractivity contribution in [2.75, 3.05) is 6.54 Å². The summed E-state index contributed by atoms with van der Waals surface area (Å²) in [6.07, 6.45) is -4.40. The number of alkyl halides is 3. The van der Waals surface area contributed by atoms with Gasteiger partial charge in [-0.05, 0) is 54.4 Å². The molecule has 0 saturated heterocycles. The van der Waals surface area contributed by atoms with Crippen molar-refractivity contribution >= 4 is 5.91 Å². The highest BCUT2D eigenvalue weighted by Gasteiger charge is 2.30. The highest BCUT2D eigenvalue weighted by molar-refractivity contribution is 5.92. The zero-order valence-electron chi connectivity index (χ0n) is 15.3. The molecule has 0 radical (unpaired) electrons. The molecule has 0 aliphatic rings. The summed E-state index contributed by atoms with van der Waals surface area (Å²) < 4.78 is 54.3. The molecular formula is C20H15F4N3O3. The standard InChI is InChI=1S/C20H15F4N3O3/c21-14-3-5-15(6-4-14)27-18(28)10-9-17(26-27)19(29)25-12-11-13-1-7-16(8-2-13)30-20(22,23)24/h1-10H,11-12H2,(H,25,29). The van der Waals surface area contributed by atoms with Gasteiger partial charge >= 0.3 is 6.36 Å². The van der Waals surface area contributed by atoms with Crippen molar-refractivity contribution in [1.29, 1.82) is 0 Å². The quantitative estimate of drug-likeness (QED) is 0.621. The molecule has 6 nitrogen and oxygen atoms in total. The van der Waals surface area contributed by atoms with E-state index in [0.29, 0.717) is 17.7 Å². The fourth-order valence-corrected chi connectivity index (χ4v) is 2.57. The number of nitrogens with one attached hydrogen (secondary N) is 1. The molecule has 1 amide bonds. The molecule has 0 fully saturated rings. The van der Waals surface area contributed by atoms with E-state index < -0.39 is 23.6 Å². The van der Waals surface area contributed by atoms with Gasteiger partial charge in [-0.3, -0.25) is 9.59 Å². The number of rotatable bonds is 6. The Balaban J connectivity index is 1.61. The lowest BCUT2D eigenvalue weighted by atomic mass is 10.1. The average Bonchev–Trinajstić information content (AvgIpc) is 2.69. The van der Waals surface area contributed by atoms with Gasteiger partial charge in [0.2, 0.25) is 0 Å². The van der Waals surface area contributed by atoms with Crippen molar-refractivity contribution in [2.45, 2.75) is 12.8 Å². The summed E-state index contributed by atoms with van der Waals surface area (Å²) in [6.45, 7) is 0.190. The number of hydrogen-bond acceptors (Lipinski definition) is 4. The fraction of sp³-hybridized carbons (Fsp3) is 0.150. The van der Waals surface area contributed by atoms with E-state index in [0.717, 1.165) is 4.68 Å². The lowest BCUT2D eigenvalue weighted by molar-refractivity contribution is -0.274. The van der Waals surface area contributed by atoms with Crippen LogP contribution in [0.2, 0.25) is 0 Å². The number of carbonyl (C=O) groups is 1. The molecule has 0 atom stereocenters. The molecule has 10 heteroatoms. The van der Waals surface area contributed by atoms with Crippen LogP contribution < -0.4 is 15.6 Å². The molecule has 3 aromatic rings. The zero-order valence-corrected chi connectivity index (χ0v) is 15.3. The van der Waals surface area contributed by atoms with E-state index >= 15 is 0 Å². The SMILES string of the molecule is O=C(NCCc1ccc(OC(F)(F)F)cc1)c1ccc(=O)n(-c2ccc(F)cc2)n1. The van der Waals surface area contributed by atoms with Gasteiger partial charge in [-0.2, -0.15) is 9.78 Å². The summed E-state index contributed by atoms with van der Waals surface area (Å²) in [5.41, 5.74) is 0.485. The number of hydrogen-bond donors (Lipinski definition) is 1. The molecule has 0 aliphatic carbocycles. The molecule has 1 heterocycles. The van der Waals surface area contributed by atoms with Gasteiger partial charge in [0.05, 0.1) is 5.69 Å². The number of carbonyl (C=O) groups excluding carboxylic acids is 1. The van der Waals surface area contributed by atoms with Crippen LogP contribution in [0.5, 0.6) is 5.75 Å². The zero-order chi connectivity index (χ0) is 21.7. The lowest BCUT2D eigenvalue weighted by Crippen LogP contribution is -2.30. The van der Waals surface area contributed by atoms with Crippen LogP contribution in [0.15, 0.2) is 65.5 Å². The van der Waals surface area contributed by atoms with Crippen molar-refractivity contribution in [3.05, 3.63) is 88.1 Å². The minimum Gasteiger partial charge on any atom is -0.406 e. The van der Waals surface area contributed by atoms with Gasteiger partial charge in [0.25, 0.3) is 11.5 Å². The normalized spacial score (nSPS) is 11.2. The third-order valence-electron chi connectivity index (χ3n) is 3.96. The summed E-state index contributed by atoms with van der Waals surface area (Å²) in [6, 6.07) is 12.8. The van der Waals surface area contributed by atoms with Gasteiger partial charge < -0.3 is 10.1 Å². The van der Waals surface area contributed by atoms with Crippen LogP contribution in [0.1, 0.15) is 16.1 Å². The highest BCUT2D eigenvalue weighted by Crippen LogP contribution is 2.22. The Morgan fingerprint density at radius 3 is 2.30 bits per heavy atom. The van der Waals surface area contributed by atoms with E-state index in [1.165, 1.54) is 60.7 Å². The van der Waals surface area contributed by atoms with Gasteiger partial charge in [-0.25, -0.2) is 4.39 Å². The molecule has 0 aliphatic heterocycles. The number of ether oxygens (including phenoxy) is 1. The van der Waals surface area contributed by atoms with E-state index in [2.05, 4.69) is 15.2 Å². The minimum atomic E-state index is -4.76. The Morgan fingerprint density at radius 2 is 1.67 bits per heavy atom. The van der Waals surface area contributed by atoms with Gasteiger partial charge in [0.1, 0.15) is 17.3 Å². The molecule has 0 saturated carbocycles. The Bertz CT molecular complexity index is 1080. The summed E-state index contributed by atoms with van der Waals surface area (Å²) in [5.74, 6) is -1.34. The first-order valence-electron chi connectivity index (χ1n) is 8.70. The maximum atomic E-state index is 13.1. The Morgan fingerprint density at radius 1 is 1.00 bits per heavy atom. The molecular weight excluding hydrogens is 406 g/mol. The van der Waals surface area contributed by atoms with E-state index in [9.17, 15) is 27.2 Å². The number of benzene rings is 2. The summed E-state index contributed by atoms with van der Waals surface area (Å²) in [5, 5.41) is 6.61. The van der Waals surface area contributed by atoms with Crippen LogP contribution in [-0.4, -0.2) is 28.6 Å². The Labute approximate surface area is 167 Å². The molecule has 2 aromatic carbocycles. The van der Waals surface area contributed by atoms with Crippen molar-refractivity contribution in [3.8, 4) is 11.4 Å². The molecule has 0 spiro atoms. The molecule has 3 rings (SSSR count). The van der Waals surface area contributed by atoms with Crippen LogP contribution in [0, 0.1) is 5.82 Å². The molecule has 156 valence electrons. The topological polar surface area (TPSA) is 73.2 Å². The molecule has 0 unspecified atom stereocenters. The van der Waals surface area contributed by atoms with Crippen LogP contribution in [0.4, 0.5) is 17.6 Å². The number of amides is 1. The van der Waals surface area contributed by atoms with E-state index in [-0.39, 0.29) is 18.0 Å². The number of halogens is 4. The fourth-order valence-electron chi connectivity index (χ4n) is 2.57. The first-order chi connectivity index (χ1) is 14.2. The van der Waals surface area contributed by atoms with Crippen LogP contribution in [-0.2, 0) is 6.42 Å². The third kappa shape index (κ3) is 5.66. The van der Waals surface area contributed by atoms with Crippen molar-refractivity contribution in [1.82, 2.24) is 15.1 Å². The first kappa shape index (κ1) is 21.0. The average molecular weight is 421 g/mol. The van der Waals surface area contributed by atoms with E-state index in [1.54, 1.807) is 0 Å². The Kier molecular flexibility index (Phi) is 6.14. The molecule has 1 aromatic heterocycles. The lowest BCUT2D eigenvalue weighted by Gasteiger charge is -2.10. The first-order valence-corrected chi connectivity index (χ1v) is 8.70. The second-order valence-electron chi connectivity index (χ2n) is 6.14. The molecule has 1 N–H and O–H groups in total. The maximum absolute atomic E-state index is 13.1. The van der Waals surface area contributed by atoms with E-state index in [4.69, 9.17) is 0 Å². The smallest absolute Gasteiger partial charge is 0.406 e. The number of nitrogens with zero attached hydrogens (tertiary/aromatic N) is 2.